The Bertz CT molecular complexity index is 736. The van der Waals surface area contributed by atoms with E-state index in [0.29, 0.717) is 11.4 Å². The van der Waals surface area contributed by atoms with Gasteiger partial charge in [-0.15, -0.1) is 0 Å². The third kappa shape index (κ3) is 3.89. The van der Waals surface area contributed by atoms with Crippen LogP contribution in [0.25, 0.3) is 0 Å². The number of nitrogens with one attached hydrogen (secondary N) is 3. The minimum Gasteiger partial charge on any atom is -0.351 e. The van der Waals surface area contributed by atoms with Crippen LogP contribution in [0.3, 0.4) is 0 Å². The number of aromatic amines is 1. The van der Waals surface area contributed by atoms with Crippen molar-refractivity contribution < 1.29 is 13.2 Å². The van der Waals surface area contributed by atoms with E-state index in [2.05, 4.69) is 25.2 Å². The number of sulfonamides is 1. The van der Waals surface area contributed by atoms with Gasteiger partial charge in [-0.25, -0.2) is 13.1 Å². The summed E-state index contributed by atoms with van der Waals surface area (Å²) in [5.41, 5.74) is 1.63. The first kappa shape index (κ1) is 16.1. The minimum atomic E-state index is -3.77. The van der Waals surface area contributed by atoms with Gasteiger partial charge < -0.3 is 5.32 Å². The number of aryl methyl sites for hydroxylation is 2. The molecule has 0 aliphatic rings. The molecule has 0 saturated heterocycles. The number of nitrogens with zero attached hydrogens (tertiary/aromatic N) is 2. The molecule has 0 saturated carbocycles. The SMILES string of the molecule is Cc1n[nH]c(C)c1S(=O)(=O)NCC(=O)NCc1cccnc1. The van der Waals surface area contributed by atoms with E-state index in [1.165, 1.54) is 0 Å². The molecule has 2 aromatic heterocycles. The first-order chi connectivity index (χ1) is 10.4. The molecule has 0 bridgehead atoms. The molecule has 8 nitrogen and oxygen atoms in total. The fraction of sp³-hybridized carbons (Fsp3) is 0.308. The second-order valence-corrected chi connectivity index (χ2v) is 6.43. The Morgan fingerprint density at radius 1 is 1.36 bits per heavy atom. The lowest BCUT2D eigenvalue weighted by atomic mass is 10.3. The Hall–Kier alpha value is -2.26. The predicted molar refractivity (Wildman–Crippen MR) is 79.3 cm³/mol. The van der Waals surface area contributed by atoms with Crippen molar-refractivity contribution in [3.05, 3.63) is 41.5 Å². The molecule has 2 aromatic rings. The first-order valence-electron chi connectivity index (χ1n) is 6.57. The molecule has 9 heteroatoms. The van der Waals surface area contributed by atoms with Crippen molar-refractivity contribution in [2.45, 2.75) is 25.3 Å². The molecule has 0 aliphatic heterocycles. The van der Waals surface area contributed by atoms with E-state index in [1.807, 2.05) is 6.07 Å². The van der Waals surface area contributed by atoms with Crippen LogP contribution in [-0.2, 0) is 21.4 Å². The van der Waals surface area contributed by atoms with Gasteiger partial charge in [0.2, 0.25) is 15.9 Å². The average molecular weight is 323 g/mol. The van der Waals surface area contributed by atoms with E-state index >= 15 is 0 Å². The van der Waals surface area contributed by atoms with Crippen molar-refractivity contribution in [3.8, 4) is 0 Å². The third-order valence-corrected chi connectivity index (χ3v) is 4.63. The van der Waals surface area contributed by atoms with Gasteiger partial charge >= 0.3 is 0 Å². The van der Waals surface area contributed by atoms with Crippen molar-refractivity contribution in [2.75, 3.05) is 6.54 Å². The maximum Gasteiger partial charge on any atom is 0.244 e. The Balaban J connectivity index is 1.91. The lowest BCUT2D eigenvalue weighted by Crippen LogP contribution is -2.36. The van der Waals surface area contributed by atoms with Gasteiger partial charge in [0.05, 0.1) is 17.9 Å². The topological polar surface area (TPSA) is 117 Å². The molecular formula is C13H17N5O3S. The van der Waals surface area contributed by atoms with Crippen LogP contribution in [0.15, 0.2) is 29.4 Å². The molecule has 0 aliphatic carbocycles. The summed E-state index contributed by atoms with van der Waals surface area (Å²) in [7, 11) is -3.77. The fourth-order valence-corrected chi connectivity index (χ4v) is 3.28. The van der Waals surface area contributed by atoms with Gasteiger partial charge in [-0.1, -0.05) is 6.07 Å². The molecule has 0 spiro atoms. The van der Waals surface area contributed by atoms with Gasteiger partial charge in [0.1, 0.15) is 4.90 Å². The summed E-state index contributed by atoms with van der Waals surface area (Å²) in [6.07, 6.45) is 3.26. The van der Waals surface area contributed by atoms with Crippen LogP contribution in [0.1, 0.15) is 17.0 Å². The number of carbonyl (C=O) groups excluding carboxylic acids is 1. The average Bonchev–Trinajstić information content (AvgIpc) is 2.84. The summed E-state index contributed by atoms with van der Waals surface area (Å²) < 4.78 is 26.6. The zero-order valence-corrected chi connectivity index (χ0v) is 13.1. The molecular weight excluding hydrogens is 306 g/mol. The maximum absolute atomic E-state index is 12.2. The summed E-state index contributed by atoms with van der Waals surface area (Å²) in [4.78, 5) is 15.7. The molecule has 2 heterocycles. The van der Waals surface area contributed by atoms with Crippen molar-refractivity contribution in [2.24, 2.45) is 0 Å². The van der Waals surface area contributed by atoms with Crippen LogP contribution in [-0.4, -0.2) is 36.1 Å². The van der Waals surface area contributed by atoms with Crippen molar-refractivity contribution in [1.82, 2.24) is 25.2 Å². The van der Waals surface area contributed by atoms with Gasteiger partial charge in [-0.05, 0) is 25.5 Å². The minimum absolute atomic E-state index is 0.0764. The number of rotatable bonds is 6. The lowest BCUT2D eigenvalue weighted by Gasteiger charge is -2.08. The highest BCUT2D eigenvalue weighted by atomic mass is 32.2. The van der Waals surface area contributed by atoms with Crippen LogP contribution in [0.5, 0.6) is 0 Å². The molecule has 0 radical (unpaired) electrons. The van der Waals surface area contributed by atoms with Crippen molar-refractivity contribution in [3.63, 3.8) is 0 Å². The smallest absolute Gasteiger partial charge is 0.244 e. The number of hydrogen-bond acceptors (Lipinski definition) is 5. The molecule has 0 fully saturated rings. The standard InChI is InChI=1S/C13H17N5O3S/c1-9-13(10(2)18-17-9)22(20,21)16-8-12(19)15-7-11-4-3-5-14-6-11/h3-6,16H,7-8H2,1-2H3,(H,15,19)(H,17,18). The lowest BCUT2D eigenvalue weighted by molar-refractivity contribution is -0.120. The van der Waals surface area contributed by atoms with Crippen molar-refractivity contribution >= 4 is 15.9 Å². The summed E-state index contributed by atoms with van der Waals surface area (Å²) >= 11 is 0. The van der Waals surface area contributed by atoms with Gasteiger partial charge in [0.15, 0.2) is 0 Å². The quantitative estimate of drug-likeness (QED) is 0.692. The summed E-state index contributed by atoms with van der Waals surface area (Å²) in [6.45, 7) is 3.14. The second kappa shape index (κ2) is 6.67. The number of H-pyrrole nitrogens is 1. The predicted octanol–water partition coefficient (Wildman–Crippen LogP) is 0.0162. The Labute approximate surface area is 128 Å². The van der Waals surface area contributed by atoms with Gasteiger partial charge in [0, 0.05) is 18.9 Å². The Kier molecular flexibility index (Phi) is 4.88. The molecule has 2 rings (SSSR count). The number of pyridine rings is 1. The summed E-state index contributed by atoms with van der Waals surface area (Å²) in [5, 5.41) is 9.05. The number of amides is 1. The van der Waals surface area contributed by atoms with E-state index in [4.69, 9.17) is 0 Å². The zero-order chi connectivity index (χ0) is 16.2. The molecule has 0 aromatic carbocycles. The normalized spacial score (nSPS) is 11.4. The zero-order valence-electron chi connectivity index (χ0n) is 12.3. The van der Waals surface area contributed by atoms with Crippen LogP contribution in [0.2, 0.25) is 0 Å². The number of carbonyl (C=O) groups is 1. The van der Waals surface area contributed by atoms with E-state index in [-0.39, 0.29) is 18.0 Å². The van der Waals surface area contributed by atoms with Crippen molar-refractivity contribution in [1.29, 1.82) is 0 Å². The highest BCUT2D eigenvalue weighted by molar-refractivity contribution is 7.89. The van der Waals surface area contributed by atoms with Crippen LogP contribution in [0.4, 0.5) is 0 Å². The van der Waals surface area contributed by atoms with Gasteiger partial charge in [-0.3, -0.25) is 14.9 Å². The number of hydrogen-bond donors (Lipinski definition) is 3. The third-order valence-electron chi connectivity index (χ3n) is 2.96. The molecule has 3 N–H and O–H groups in total. The highest BCUT2D eigenvalue weighted by Crippen LogP contribution is 2.15. The maximum atomic E-state index is 12.2. The fourth-order valence-electron chi connectivity index (χ4n) is 1.94. The van der Waals surface area contributed by atoms with E-state index in [0.717, 1.165) is 5.56 Å². The van der Waals surface area contributed by atoms with Gasteiger partial charge in [-0.2, -0.15) is 5.10 Å². The van der Waals surface area contributed by atoms with Crippen LogP contribution in [0, 0.1) is 13.8 Å². The first-order valence-corrected chi connectivity index (χ1v) is 8.05. The molecule has 0 atom stereocenters. The number of aromatic nitrogens is 3. The monoisotopic (exact) mass is 323 g/mol. The van der Waals surface area contributed by atoms with Crippen LogP contribution < -0.4 is 10.0 Å². The van der Waals surface area contributed by atoms with Gasteiger partial charge in [0.25, 0.3) is 0 Å². The molecule has 118 valence electrons. The Morgan fingerprint density at radius 2 is 2.14 bits per heavy atom. The van der Waals surface area contributed by atoms with E-state index < -0.39 is 15.9 Å². The van der Waals surface area contributed by atoms with E-state index in [9.17, 15) is 13.2 Å². The summed E-state index contributed by atoms with van der Waals surface area (Å²) in [5.74, 6) is -0.425. The Morgan fingerprint density at radius 3 is 2.73 bits per heavy atom. The van der Waals surface area contributed by atoms with E-state index in [1.54, 1.807) is 32.3 Å². The van der Waals surface area contributed by atoms with Crippen LogP contribution >= 0.6 is 0 Å². The largest absolute Gasteiger partial charge is 0.351 e. The molecule has 1 amide bonds. The second-order valence-electron chi connectivity index (χ2n) is 4.73. The summed E-state index contributed by atoms with van der Waals surface area (Å²) in [6, 6.07) is 3.57. The highest BCUT2D eigenvalue weighted by Gasteiger charge is 2.22. The molecule has 22 heavy (non-hydrogen) atoms. The molecule has 0 unspecified atom stereocenters.